The Morgan fingerprint density at radius 1 is 1.23 bits per heavy atom. The number of fused-ring (bicyclic) bond motifs is 1. The molecule has 0 fully saturated rings. The molecule has 0 amide bonds. The number of sulfonamides is 1. The van der Waals surface area contributed by atoms with E-state index in [0.717, 1.165) is 23.7 Å². The molecule has 0 spiro atoms. The molecule has 3 rings (SSSR count). The molecule has 1 aromatic carbocycles. The molecule has 1 N–H and O–H groups in total. The zero-order valence-corrected chi connectivity index (χ0v) is 12.8. The van der Waals surface area contributed by atoms with Gasteiger partial charge in [-0.05, 0) is 36.4 Å². The number of hydrogen-bond acceptors (Lipinski definition) is 3. The van der Waals surface area contributed by atoms with Gasteiger partial charge < -0.3 is 0 Å². The molecule has 0 atom stereocenters. The molecule has 0 aliphatic rings. The van der Waals surface area contributed by atoms with Crippen LogP contribution >= 0.6 is 11.6 Å². The zero-order valence-electron chi connectivity index (χ0n) is 11.2. The summed E-state index contributed by atoms with van der Waals surface area (Å²) in [5.74, 6) is -0.666. The second kappa shape index (κ2) is 5.68. The molecule has 0 unspecified atom stereocenters. The minimum atomic E-state index is -3.79. The third-order valence-corrected chi connectivity index (χ3v) is 4.75. The van der Waals surface area contributed by atoms with Crippen molar-refractivity contribution in [1.29, 1.82) is 0 Å². The van der Waals surface area contributed by atoms with E-state index in [0.29, 0.717) is 5.69 Å². The highest BCUT2D eigenvalue weighted by atomic mass is 35.5. The summed E-state index contributed by atoms with van der Waals surface area (Å²) in [7, 11) is -3.79. The van der Waals surface area contributed by atoms with Crippen LogP contribution in [-0.4, -0.2) is 18.0 Å². The van der Waals surface area contributed by atoms with Crippen molar-refractivity contribution < 1.29 is 12.8 Å². The van der Waals surface area contributed by atoms with Crippen LogP contribution in [0.5, 0.6) is 0 Å². The van der Waals surface area contributed by atoms with Crippen LogP contribution in [-0.2, 0) is 16.6 Å². The maximum absolute atomic E-state index is 13.1. The first-order chi connectivity index (χ1) is 10.5. The van der Waals surface area contributed by atoms with E-state index in [9.17, 15) is 12.8 Å². The third-order valence-electron chi connectivity index (χ3n) is 3.07. The standard InChI is InChI=1S/C14H11ClFN3O2S/c15-13-8-12(4-5-14(13)16)22(20,21)17-9-10-7-11-3-1-2-6-19(11)18-10/h1-8,17H,9H2. The van der Waals surface area contributed by atoms with E-state index < -0.39 is 15.8 Å². The number of rotatable bonds is 4. The average Bonchev–Trinajstić information content (AvgIpc) is 2.91. The van der Waals surface area contributed by atoms with Crippen LogP contribution in [0.4, 0.5) is 4.39 Å². The molecule has 0 saturated heterocycles. The molecule has 0 aliphatic heterocycles. The highest BCUT2D eigenvalue weighted by Crippen LogP contribution is 2.19. The first kappa shape index (κ1) is 15.0. The molecule has 22 heavy (non-hydrogen) atoms. The summed E-state index contributed by atoms with van der Waals surface area (Å²) >= 11 is 5.61. The predicted molar refractivity (Wildman–Crippen MR) is 80.6 cm³/mol. The minimum absolute atomic E-state index is 0.0268. The summed E-state index contributed by atoms with van der Waals surface area (Å²) in [6.45, 7) is 0.0268. The molecule has 5 nitrogen and oxygen atoms in total. The summed E-state index contributed by atoms with van der Waals surface area (Å²) in [6.07, 6.45) is 1.77. The lowest BCUT2D eigenvalue weighted by molar-refractivity contribution is 0.579. The third kappa shape index (κ3) is 2.96. The van der Waals surface area contributed by atoms with Crippen LogP contribution < -0.4 is 4.72 Å². The predicted octanol–water partition coefficient (Wildman–Crippen LogP) is 2.61. The Morgan fingerprint density at radius 3 is 2.77 bits per heavy atom. The van der Waals surface area contributed by atoms with Gasteiger partial charge in [0.25, 0.3) is 0 Å². The number of pyridine rings is 1. The van der Waals surface area contributed by atoms with E-state index in [1.807, 2.05) is 18.2 Å². The lowest BCUT2D eigenvalue weighted by Crippen LogP contribution is -2.23. The number of aromatic nitrogens is 2. The van der Waals surface area contributed by atoms with Gasteiger partial charge in [0.05, 0.1) is 27.7 Å². The van der Waals surface area contributed by atoms with Crippen molar-refractivity contribution in [3.05, 3.63) is 65.2 Å². The normalized spacial score (nSPS) is 11.9. The summed E-state index contributed by atoms with van der Waals surface area (Å²) in [4.78, 5) is -0.0948. The Labute approximate surface area is 131 Å². The van der Waals surface area contributed by atoms with Gasteiger partial charge in [-0.1, -0.05) is 17.7 Å². The number of nitrogens with zero attached hydrogens (tertiary/aromatic N) is 2. The molecule has 2 heterocycles. The molecule has 2 aromatic heterocycles. The molecular formula is C14H11ClFN3O2S. The number of nitrogens with one attached hydrogen (secondary N) is 1. The fourth-order valence-electron chi connectivity index (χ4n) is 1.97. The van der Waals surface area contributed by atoms with Crippen LogP contribution in [0.15, 0.2) is 53.6 Å². The van der Waals surface area contributed by atoms with E-state index in [4.69, 9.17) is 11.6 Å². The minimum Gasteiger partial charge on any atom is -0.241 e. The van der Waals surface area contributed by atoms with Crippen molar-refractivity contribution in [2.45, 2.75) is 11.4 Å². The number of benzene rings is 1. The smallest absolute Gasteiger partial charge is 0.240 e. The quantitative estimate of drug-likeness (QED) is 0.794. The van der Waals surface area contributed by atoms with Gasteiger partial charge in [-0.25, -0.2) is 22.0 Å². The molecule has 114 valence electrons. The van der Waals surface area contributed by atoms with Gasteiger partial charge in [-0.2, -0.15) is 5.10 Å². The molecular weight excluding hydrogens is 329 g/mol. The Morgan fingerprint density at radius 2 is 2.05 bits per heavy atom. The van der Waals surface area contributed by atoms with Gasteiger partial charge in [-0.15, -0.1) is 0 Å². The first-order valence-corrected chi connectivity index (χ1v) is 8.20. The first-order valence-electron chi connectivity index (χ1n) is 6.34. The highest BCUT2D eigenvalue weighted by Gasteiger charge is 2.16. The van der Waals surface area contributed by atoms with E-state index in [2.05, 4.69) is 9.82 Å². The fraction of sp³-hybridized carbons (Fsp3) is 0.0714. The van der Waals surface area contributed by atoms with Crippen molar-refractivity contribution in [2.75, 3.05) is 0 Å². The van der Waals surface area contributed by atoms with Gasteiger partial charge >= 0.3 is 0 Å². The second-order valence-corrected chi connectivity index (χ2v) is 6.78. The molecule has 0 bridgehead atoms. The van der Waals surface area contributed by atoms with Crippen molar-refractivity contribution in [3.8, 4) is 0 Å². The summed E-state index contributed by atoms with van der Waals surface area (Å²) < 4.78 is 41.5. The van der Waals surface area contributed by atoms with Crippen molar-refractivity contribution >= 4 is 27.1 Å². The van der Waals surface area contributed by atoms with Crippen LogP contribution in [0.2, 0.25) is 5.02 Å². The van der Waals surface area contributed by atoms with E-state index in [1.165, 1.54) is 0 Å². The van der Waals surface area contributed by atoms with Gasteiger partial charge in [0.2, 0.25) is 10.0 Å². The van der Waals surface area contributed by atoms with Crippen LogP contribution in [0.1, 0.15) is 5.69 Å². The zero-order chi connectivity index (χ0) is 15.7. The fourth-order valence-corrected chi connectivity index (χ4v) is 3.24. The topological polar surface area (TPSA) is 63.5 Å². The van der Waals surface area contributed by atoms with Gasteiger partial charge in [-0.3, -0.25) is 0 Å². The molecule has 0 aliphatic carbocycles. The van der Waals surface area contributed by atoms with Gasteiger partial charge in [0.1, 0.15) is 5.82 Å². The maximum atomic E-state index is 13.1. The summed E-state index contributed by atoms with van der Waals surface area (Å²) in [5, 5.41) is 4.00. The van der Waals surface area contributed by atoms with Gasteiger partial charge in [0.15, 0.2) is 0 Å². The summed E-state index contributed by atoms with van der Waals surface area (Å²) in [5.41, 5.74) is 1.43. The van der Waals surface area contributed by atoms with E-state index >= 15 is 0 Å². The van der Waals surface area contributed by atoms with Crippen molar-refractivity contribution in [3.63, 3.8) is 0 Å². The Bertz CT molecular complexity index is 907. The lowest BCUT2D eigenvalue weighted by atomic mass is 10.3. The van der Waals surface area contributed by atoms with Crippen molar-refractivity contribution in [2.24, 2.45) is 0 Å². The molecule has 0 saturated carbocycles. The van der Waals surface area contributed by atoms with Crippen molar-refractivity contribution in [1.82, 2.24) is 14.3 Å². The Hall–Kier alpha value is -1.96. The number of halogens is 2. The Kier molecular flexibility index (Phi) is 3.86. The number of hydrogen-bond donors (Lipinski definition) is 1. The van der Waals surface area contributed by atoms with Crippen LogP contribution in [0, 0.1) is 5.82 Å². The van der Waals surface area contributed by atoms with E-state index in [-0.39, 0.29) is 16.5 Å². The molecule has 3 aromatic rings. The highest BCUT2D eigenvalue weighted by molar-refractivity contribution is 7.89. The summed E-state index contributed by atoms with van der Waals surface area (Å²) in [6, 6.07) is 10.6. The molecule has 8 heteroatoms. The SMILES string of the molecule is O=S(=O)(NCc1cc2ccccn2n1)c1ccc(F)c(Cl)c1. The van der Waals surface area contributed by atoms with Gasteiger partial charge in [0, 0.05) is 6.20 Å². The van der Waals surface area contributed by atoms with E-state index in [1.54, 1.807) is 16.8 Å². The monoisotopic (exact) mass is 339 g/mol. The second-order valence-electron chi connectivity index (χ2n) is 4.61. The van der Waals surface area contributed by atoms with Crippen LogP contribution in [0.3, 0.4) is 0 Å². The maximum Gasteiger partial charge on any atom is 0.240 e. The average molecular weight is 340 g/mol. The molecule has 0 radical (unpaired) electrons. The Balaban J connectivity index is 1.80. The largest absolute Gasteiger partial charge is 0.241 e. The lowest BCUT2D eigenvalue weighted by Gasteiger charge is -2.06. The van der Waals surface area contributed by atoms with Crippen LogP contribution in [0.25, 0.3) is 5.52 Å².